The number of halogens is 1. The SMILES string of the molecule is COc1cc(C#N)c([N+](=O)[O-])cc1Br. The number of nitriles is 1. The van der Waals surface area contributed by atoms with E-state index in [2.05, 4.69) is 15.9 Å². The fraction of sp³-hybridized carbons (Fsp3) is 0.125. The molecule has 1 aromatic carbocycles. The lowest BCUT2D eigenvalue weighted by Gasteiger charge is -2.03. The fourth-order valence-corrected chi connectivity index (χ4v) is 1.43. The highest BCUT2D eigenvalue weighted by Gasteiger charge is 2.17. The van der Waals surface area contributed by atoms with Crippen LogP contribution in [-0.4, -0.2) is 12.0 Å². The average molecular weight is 257 g/mol. The zero-order chi connectivity index (χ0) is 10.7. The van der Waals surface area contributed by atoms with Crippen LogP contribution in [0.15, 0.2) is 16.6 Å². The first kappa shape index (κ1) is 10.5. The molecule has 0 unspecified atom stereocenters. The zero-order valence-corrected chi connectivity index (χ0v) is 8.74. The number of methoxy groups -OCH3 is 1. The second-order valence-electron chi connectivity index (χ2n) is 2.37. The molecule has 0 bridgehead atoms. The Hall–Kier alpha value is -1.61. The van der Waals surface area contributed by atoms with Crippen LogP contribution in [0.2, 0.25) is 0 Å². The first-order chi connectivity index (χ1) is 6.60. The van der Waals surface area contributed by atoms with Crippen molar-refractivity contribution < 1.29 is 9.66 Å². The third-order valence-corrected chi connectivity index (χ3v) is 2.21. The molecule has 1 aromatic rings. The number of hydrogen-bond donors (Lipinski definition) is 0. The van der Waals surface area contributed by atoms with Gasteiger partial charge >= 0.3 is 0 Å². The van der Waals surface area contributed by atoms with Crippen LogP contribution < -0.4 is 4.74 Å². The van der Waals surface area contributed by atoms with E-state index in [1.807, 2.05) is 0 Å². The fourth-order valence-electron chi connectivity index (χ4n) is 0.940. The number of benzene rings is 1. The Balaban J connectivity index is 3.41. The van der Waals surface area contributed by atoms with Gasteiger partial charge in [0.1, 0.15) is 17.4 Å². The quantitative estimate of drug-likeness (QED) is 0.601. The lowest BCUT2D eigenvalue weighted by Crippen LogP contribution is -1.94. The molecule has 1 rings (SSSR count). The van der Waals surface area contributed by atoms with Crippen molar-refractivity contribution >= 4 is 21.6 Å². The highest BCUT2D eigenvalue weighted by atomic mass is 79.9. The maximum atomic E-state index is 10.5. The van der Waals surface area contributed by atoms with Crippen molar-refractivity contribution in [3.63, 3.8) is 0 Å². The van der Waals surface area contributed by atoms with E-state index in [1.54, 1.807) is 6.07 Å². The van der Waals surface area contributed by atoms with Crippen molar-refractivity contribution in [1.29, 1.82) is 5.26 Å². The topological polar surface area (TPSA) is 76.2 Å². The summed E-state index contributed by atoms with van der Waals surface area (Å²) in [4.78, 5) is 9.92. The summed E-state index contributed by atoms with van der Waals surface area (Å²) in [6, 6.07) is 4.31. The maximum absolute atomic E-state index is 10.5. The Bertz CT molecular complexity index is 425. The molecule has 5 nitrogen and oxygen atoms in total. The third-order valence-electron chi connectivity index (χ3n) is 1.59. The predicted molar refractivity (Wildman–Crippen MR) is 52.1 cm³/mol. The minimum absolute atomic E-state index is 0.0185. The second kappa shape index (κ2) is 4.07. The van der Waals surface area contributed by atoms with Crippen molar-refractivity contribution in [3.8, 4) is 11.8 Å². The van der Waals surface area contributed by atoms with Gasteiger partial charge in [0.25, 0.3) is 5.69 Å². The van der Waals surface area contributed by atoms with Crippen LogP contribution >= 0.6 is 15.9 Å². The number of ether oxygens (including phenoxy) is 1. The van der Waals surface area contributed by atoms with Crippen LogP contribution in [0.5, 0.6) is 5.75 Å². The van der Waals surface area contributed by atoms with Gasteiger partial charge in [-0.2, -0.15) is 5.26 Å². The van der Waals surface area contributed by atoms with E-state index < -0.39 is 4.92 Å². The standard InChI is InChI=1S/C8H5BrN2O3/c1-14-8-2-5(4-10)7(11(12)13)3-6(8)9/h2-3H,1H3. The van der Waals surface area contributed by atoms with E-state index >= 15 is 0 Å². The summed E-state index contributed by atoms with van der Waals surface area (Å²) in [7, 11) is 1.42. The molecule has 14 heavy (non-hydrogen) atoms. The smallest absolute Gasteiger partial charge is 0.288 e. The van der Waals surface area contributed by atoms with Crippen LogP contribution in [0, 0.1) is 21.4 Å². The second-order valence-corrected chi connectivity index (χ2v) is 3.23. The van der Waals surface area contributed by atoms with Crippen molar-refractivity contribution in [1.82, 2.24) is 0 Å². The number of nitro groups is 1. The van der Waals surface area contributed by atoms with Crippen molar-refractivity contribution in [3.05, 3.63) is 32.3 Å². The minimum atomic E-state index is -0.608. The lowest BCUT2D eigenvalue weighted by molar-refractivity contribution is -0.385. The van der Waals surface area contributed by atoms with Crippen LogP contribution in [-0.2, 0) is 0 Å². The first-order valence-electron chi connectivity index (χ1n) is 3.52. The number of nitro benzene ring substituents is 1. The maximum Gasteiger partial charge on any atom is 0.288 e. The van der Waals surface area contributed by atoms with Gasteiger partial charge < -0.3 is 4.74 Å². The summed E-state index contributed by atoms with van der Waals surface area (Å²) in [5.41, 5.74) is -0.254. The van der Waals surface area contributed by atoms with Crippen molar-refractivity contribution in [2.45, 2.75) is 0 Å². The van der Waals surface area contributed by atoms with Crippen LogP contribution in [0.3, 0.4) is 0 Å². The number of hydrogen-bond acceptors (Lipinski definition) is 4. The summed E-state index contributed by atoms with van der Waals surface area (Å²) in [6.07, 6.45) is 0. The van der Waals surface area contributed by atoms with Gasteiger partial charge in [0.05, 0.1) is 16.5 Å². The van der Waals surface area contributed by atoms with E-state index in [9.17, 15) is 10.1 Å². The molecule has 0 aliphatic rings. The molecule has 0 fully saturated rings. The summed E-state index contributed by atoms with van der Waals surface area (Å²) in [5.74, 6) is 0.396. The summed E-state index contributed by atoms with van der Waals surface area (Å²) in [6.45, 7) is 0. The molecule has 0 saturated heterocycles. The van der Waals surface area contributed by atoms with Gasteiger partial charge in [0.2, 0.25) is 0 Å². The van der Waals surface area contributed by atoms with E-state index in [1.165, 1.54) is 19.2 Å². The van der Waals surface area contributed by atoms with Crippen molar-refractivity contribution in [2.24, 2.45) is 0 Å². The zero-order valence-electron chi connectivity index (χ0n) is 7.15. The largest absolute Gasteiger partial charge is 0.496 e. The highest BCUT2D eigenvalue weighted by molar-refractivity contribution is 9.10. The molecule has 0 N–H and O–H groups in total. The predicted octanol–water partition coefficient (Wildman–Crippen LogP) is 2.24. The summed E-state index contributed by atoms with van der Waals surface area (Å²) >= 11 is 3.10. The molecule has 72 valence electrons. The Labute approximate surface area is 88.2 Å². The highest BCUT2D eigenvalue weighted by Crippen LogP contribution is 2.31. The third kappa shape index (κ3) is 1.83. The molecule has 0 amide bonds. The molecule has 0 radical (unpaired) electrons. The van der Waals surface area contributed by atoms with Gasteiger partial charge in [-0.15, -0.1) is 0 Å². The first-order valence-corrected chi connectivity index (χ1v) is 4.31. The molecule has 0 atom stereocenters. The van der Waals surface area contributed by atoms with Gasteiger partial charge in [-0.3, -0.25) is 10.1 Å². The monoisotopic (exact) mass is 256 g/mol. The van der Waals surface area contributed by atoms with Gasteiger partial charge in [-0.1, -0.05) is 0 Å². The molecular weight excluding hydrogens is 252 g/mol. The van der Waals surface area contributed by atoms with E-state index in [0.29, 0.717) is 10.2 Å². The van der Waals surface area contributed by atoms with Crippen molar-refractivity contribution in [2.75, 3.05) is 7.11 Å². The molecule has 0 saturated carbocycles. The van der Waals surface area contributed by atoms with Gasteiger partial charge in [0.15, 0.2) is 0 Å². The molecule has 6 heteroatoms. The molecule has 0 heterocycles. The van der Waals surface area contributed by atoms with Gasteiger partial charge in [0, 0.05) is 12.1 Å². The summed E-state index contributed by atoms with van der Waals surface area (Å²) < 4.78 is 5.35. The Kier molecular flexibility index (Phi) is 3.04. The Morgan fingerprint density at radius 3 is 2.71 bits per heavy atom. The lowest BCUT2D eigenvalue weighted by atomic mass is 10.2. The molecular formula is C8H5BrN2O3. The van der Waals surface area contributed by atoms with Gasteiger partial charge in [-0.25, -0.2) is 0 Å². The van der Waals surface area contributed by atoms with E-state index in [0.717, 1.165) is 0 Å². The van der Waals surface area contributed by atoms with Crippen LogP contribution in [0.25, 0.3) is 0 Å². The van der Waals surface area contributed by atoms with Crippen LogP contribution in [0.1, 0.15) is 5.56 Å². The number of nitrogens with zero attached hydrogens (tertiary/aromatic N) is 2. The Morgan fingerprint density at radius 2 is 2.29 bits per heavy atom. The molecule has 0 spiro atoms. The van der Waals surface area contributed by atoms with Crippen LogP contribution in [0.4, 0.5) is 5.69 Å². The molecule has 0 aliphatic carbocycles. The van der Waals surface area contributed by atoms with E-state index in [4.69, 9.17) is 10.00 Å². The average Bonchev–Trinajstić information content (AvgIpc) is 2.17. The molecule has 0 aromatic heterocycles. The summed E-state index contributed by atoms with van der Waals surface area (Å²) in [5, 5.41) is 19.2. The van der Waals surface area contributed by atoms with Gasteiger partial charge in [-0.05, 0) is 15.9 Å². The molecule has 0 aliphatic heterocycles. The normalized spacial score (nSPS) is 9.21. The van der Waals surface area contributed by atoms with E-state index in [-0.39, 0.29) is 11.3 Å². The minimum Gasteiger partial charge on any atom is -0.496 e. The number of rotatable bonds is 2. The Morgan fingerprint density at radius 1 is 1.64 bits per heavy atom.